The molecule has 0 unspecified atom stereocenters. The van der Waals surface area contributed by atoms with Crippen LogP contribution in [0.2, 0.25) is 18.1 Å². The summed E-state index contributed by atoms with van der Waals surface area (Å²) in [5.41, 5.74) is 12.7. The van der Waals surface area contributed by atoms with Crippen LogP contribution >= 0.6 is 15.9 Å². The summed E-state index contributed by atoms with van der Waals surface area (Å²) in [5, 5.41) is 12.6. The number of anilines is 2. The van der Waals surface area contributed by atoms with Crippen molar-refractivity contribution in [2.24, 2.45) is 14.1 Å². The van der Waals surface area contributed by atoms with Crippen LogP contribution in [0.4, 0.5) is 11.4 Å². The second-order valence-electron chi connectivity index (χ2n) is 14.7. The summed E-state index contributed by atoms with van der Waals surface area (Å²) in [5.74, 6) is 0.514. The van der Waals surface area contributed by atoms with Crippen LogP contribution in [0.3, 0.4) is 0 Å². The number of nitrogen functional groups attached to an aromatic ring is 1. The molecule has 11 heteroatoms. The lowest BCUT2D eigenvalue weighted by Gasteiger charge is -2.36. The molecule has 0 atom stereocenters. The van der Waals surface area contributed by atoms with E-state index in [0.717, 1.165) is 39.2 Å². The highest BCUT2D eigenvalue weighted by Crippen LogP contribution is 2.38. The monoisotopic (exact) mass is 796 g/mol. The summed E-state index contributed by atoms with van der Waals surface area (Å²) in [6, 6.07) is 26.7. The highest BCUT2D eigenvalue weighted by Gasteiger charge is 2.39. The molecule has 0 aliphatic carbocycles. The molecule has 0 saturated heterocycles. The first-order valence-electron chi connectivity index (χ1n) is 17.6. The second-order valence-corrected chi connectivity index (χ2v) is 20.0. The molecule has 1 amide bonds. The summed E-state index contributed by atoms with van der Waals surface area (Å²) in [7, 11) is 2.11. The Balaban J connectivity index is 0.000000161. The number of ether oxygens (including phenoxy) is 1. The lowest BCUT2D eigenvalue weighted by molar-refractivity contribution is 0.0525. The average molecular weight is 798 g/mol. The highest BCUT2D eigenvalue weighted by atomic mass is 79.9. The standard InChI is InChI=1S/C17H14N2O2.C16H25BrO3Si.C9H10N2/c1-18-7-6-11-8-13(3-5-16(11)18)19-10-12-2-4-14(20)9-15(12)17(19)21;1-7-19-15(18)14-10-13(9-8-12(14)11-17)20-21(5,6)16(2,3)4;1-11-5-4-7-6-8(10)2-3-9(7)11/h2-9,20H,10H2,1H3;8-10H,7,11H2,1-6H3;2-6H,10H2,1H3. The van der Waals surface area contributed by atoms with Crippen LogP contribution in [0.1, 0.15) is 59.5 Å². The van der Waals surface area contributed by atoms with Gasteiger partial charge in [-0.15, -0.1) is 0 Å². The van der Waals surface area contributed by atoms with Crippen LogP contribution in [0.15, 0.2) is 97.3 Å². The van der Waals surface area contributed by atoms with Crippen LogP contribution in [-0.4, -0.2) is 41.0 Å². The maximum atomic E-state index is 12.5. The summed E-state index contributed by atoms with van der Waals surface area (Å²) in [6.45, 7) is 13.7. The number of nitrogens with zero attached hydrogens (tertiary/aromatic N) is 3. The van der Waals surface area contributed by atoms with Crippen LogP contribution in [0.25, 0.3) is 21.8 Å². The molecule has 7 rings (SSSR count). The summed E-state index contributed by atoms with van der Waals surface area (Å²) in [4.78, 5) is 26.3. The van der Waals surface area contributed by atoms with Gasteiger partial charge in [0.2, 0.25) is 8.32 Å². The topological polar surface area (TPSA) is 112 Å². The van der Waals surface area contributed by atoms with E-state index in [-0.39, 0.29) is 22.7 Å². The number of nitrogens with two attached hydrogens (primary N) is 1. The second kappa shape index (κ2) is 15.9. The van der Waals surface area contributed by atoms with Crippen molar-refractivity contribution < 1.29 is 23.9 Å². The summed E-state index contributed by atoms with van der Waals surface area (Å²) >= 11 is 3.41. The molecule has 3 heterocycles. The van der Waals surface area contributed by atoms with Crippen molar-refractivity contribution in [3.63, 3.8) is 0 Å². The van der Waals surface area contributed by atoms with E-state index < -0.39 is 8.32 Å². The molecule has 9 nitrogen and oxygen atoms in total. The Morgan fingerprint density at radius 1 is 0.887 bits per heavy atom. The zero-order valence-electron chi connectivity index (χ0n) is 31.7. The molecule has 53 heavy (non-hydrogen) atoms. The molecular formula is C42H49BrN4O5Si. The number of hydrogen-bond acceptors (Lipinski definition) is 6. The predicted molar refractivity (Wildman–Crippen MR) is 222 cm³/mol. The molecule has 1 aliphatic rings. The first-order chi connectivity index (χ1) is 25.0. The van der Waals surface area contributed by atoms with Gasteiger partial charge in [-0.05, 0) is 109 Å². The number of rotatable bonds is 6. The molecule has 0 spiro atoms. The van der Waals surface area contributed by atoms with Crippen molar-refractivity contribution in [1.82, 2.24) is 9.13 Å². The van der Waals surface area contributed by atoms with Crippen LogP contribution in [0, 0.1) is 0 Å². The maximum absolute atomic E-state index is 12.5. The molecule has 0 radical (unpaired) electrons. The number of fused-ring (bicyclic) bond motifs is 3. The first-order valence-corrected chi connectivity index (χ1v) is 21.6. The minimum absolute atomic E-state index is 0.0591. The molecule has 278 valence electrons. The van der Waals surface area contributed by atoms with Gasteiger partial charge in [-0.2, -0.15) is 0 Å². The largest absolute Gasteiger partial charge is 0.543 e. The van der Waals surface area contributed by atoms with E-state index in [0.29, 0.717) is 29.6 Å². The lowest BCUT2D eigenvalue weighted by Crippen LogP contribution is -2.43. The van der Waals surface area contributed by atoms with Gasteiger partial charge in [0.15, 0.2) is 0 Å². The van der Waals surface area contributed by atoms with Gasteiger partial charge in [0.1, 0.15) is 11.5 Å². The number of carbonyl (C=O) groups excluding carboxylic acids is 2. The minimum atomic E-state index is -1.91. The van der Waals surface area contributed by atoms with E-state index in [1.807, 2.05) is 94.1 Å². The average Bonchev–Trinajstić information content (AvgIpc) is 3.78. The van der Waals surface area contributed by atoms with Crippen molar-refractivity contribution in [1.29, 1.82) is 0 Å². The highest BCUT2D eigenvalue weighted by molar-refractivity contribution is 9.08. The number of benzene rings is 4. The van der Waals surface area contributed by atoms with Gasteiger partial charge in [-0.25, -0.2) is 4.79 Å². The van der Waals surface area contributed by atoms with Gasteiger partial charge in [0.25, 0.3) is 5.91 Å². The first kappa shape index (κ1) is 39.2. The predicted octanol–water partition coefficient (Wildman–Crippen LogP) is 9.95. The number of aromatic hydroxyl groups is 1. The van der Waals surface area contributed by atoms with Gasteiger partial charge in [-0.1, -0.05) is 48.8 Å². The number of halogens is 1. The Labute approximate surface area is 321 Å². The zero-order chi connectivity index (χ0) is 38.7. The van der Waals surface area contributed by atoms with E-state index in [1.165, 1.54) is 10.9 Å². The van der Waals surface area contributed by atoms with Crippen LogP contribution in [-0.2, 0) is 30.7 Å². The molecule has 3 N–H and O–H groups in total. The van der Waals surface area contributed by atoms with Gasteiger partial charge < -0.3 is 34.0 Å². The van der Waals surface area contributed by atoms with Crippen molar-refractivity contribution in [2.45, 2.75) is 57.7 Å². The fraction of sp³-hybridized carbons (Fsp3) is 0.286. The minimum Gasteiger partial charge on any atom is -0.543 e. The lowest BCUT2D eigenvalue weighted by atomic mass is 10.1. The molecule has 2 aromatic heterocycles. The number of carbonyl (C=O) groups is 2. The fourth-order valence-electron chi connectivity index (χ4n) is 5.82. The Morgan fingerprint density at radius 3 is 2.15 bits per heavy atom. The molecule has 4 aromatic carbocycles. The maximum Gasteiger partial charge on any atom is 0.338 e. The van der Waals surface area contributed by atoms with E-state index >= 15 is 0 Å². The third-order valence-corrected chi connectivity index (χ3v) is 14.8. The molecule has 0 saturated carbocycles. The molecule has 1 aliphatic heterocycles. The molecule has 6 aromatic rings. The van der Waals surface area contributed by atoms with E-state index in [2.05, 4.69) is 65.0 Å². The number of aromatic nitrogens is 2. The number of alkyl halides is 1. The Morgan fingerprint density at radius 2 is 1.53 bits per heavy atom. The SMILES string of the molecule is CCOC(=O)c1cc(O[Si](C)(C)C(C)(C)C)ccc1CBr.Cn1ccc2cc(N)ccc21.Cn1ccc2cc(N3Cc4ccc(O)cc4C3=O)ccc21. The molecule has 0 bridgehead atoms. The van der Waals surface area contributed by atoms with Crippen molar-refractivity contribution in [3.8, 4) is 11.5 Å². The Hall–Kier alpha value is -5.00. The van der Waals surface area contributed by atoms with Crippen LogP contribution < -0.4 is 15.1 Å². The van der Waals surface area contributed by atoms with Crippen molar-refractivity contribution in [3.05, 3.63) is 120 Å². The van der Waals surface area contributed by atoms with Gasteiger partial charge in [-0.3, -0.25) is 4.79 Å². The number of phenols is 1. The fourth-order valence-corrected chi connectivity index (χ4v) is 7.33. The van der Waals surface area contributed by atoms with E-state index in [4.69, 9.17) is 14.9 Å². The molecule has 0 fully saturated rings. The zero-order valence-corrected chi connectivity index (χ0v) is 34.3. The number of amides is 1. The number of esters is 1. The number of hydrogen-bond donors (Lipinski definition) is 2. The van der Waals surface area contributed by atoms with Crippen molar-refractivity contribution in [2.75, 3.05) is 17.2 Å². The normalized spacial score (nSPS) is 12.5. The number of phenolic OH excluding ortho intramolecular Hbond substituents is 1. The van der Waals surface area contributed by atoms with E-state index in [9.17, 15) is 14.7 Å². The summed E-state index contributed by atoms with van der Waals surface area (Å²) in [6.07, 6.45) is 4.04. The van der Waals surface area contributed by atoms with Crippen molar-refractivity contribution >= 4 is 69.3 Å². The Kier molecular flexibility index (Phi) is 11.8. The van der Waals surface area contributed by atoms with Gasteiger partial charge in [0.05, 0.1) is 18.7 Å². The quantitative estimate of drug-likeness (QED) is 0.0752. The van der Waals surface area contributed by atoms with Gasteiger partial charge in [0, 0.05) is 70.6 Å². The van der Waals surface area contributed by atoms with E-state index in [1.54, 1.807) is 23.1 Å². The third-order valence-electron chi connectivity index (χ3n) is 9.89. The molecular weight excluding hydrogens is 748 g/mol. The summed E-state index contributed by atoms with van der Waals surface area (Å²) < 4.78 is 15.5. The van der Waals surface area contributed by atoms with Gasteiger partial charge >= 0.3 is 5.97 Å². The smallest absolute Gasteiger partial charge is 0.338 e. The van der Waals surface area contributed by atoms with Crippen LogP contribution in [0.5, 0.6) is 11.5 Å². The number of aryl methyl sites for hydroxylation is 2. The third kappa shape index (κ3) is 8.80. The Bertz CT molecular complexity index is 2270.